The average Bonchev–Trinajstić information content (AvgIpc) is 2.46. The van der Waals surface area contributed by atoms with Crippen LogP contribution in [0.15, 0.2) is 10.5 Å². The van der Waals surface area contributed by atoms with E-state index in [9.17, 15) is 9.59 Å². The van der Waals surface area contributed by atoms with Gasteiger partial charge in [-0.2, -0.15) is 0 Å². The highest BCUT2D eigenvalue weighted by atomic mass is 16.4. The van der Waals surface area contributed by atoms with Crippen molar-refractivity contribution in [3.05, 3.63) is 23.2 Å². The summed E-state index contributed by atoms with van der Waals surface area (Å²) in [5.74, 6) is -0.891. The van der Waals surface area contributed by atoms with E-state index in [2.05, 4.69) is 0 Å². The lowest BCUT2D eigenvalue weighted by molar-refractivity contribution is -0.136. The number of carbonyl (C=O) groups is 2. The fourth-order valence-electron chi connectivity index (χ4n) is 0.980. The van der Waals surface area contributed by atoms with E-state index in [1.807, 2.05) is 0 Å². The van der Waals surface area contributed by atoms with Crippen LogP contribution in [-0.2, 0) is 17.8 Å². The van der Waals surface area contributed by atoms with Crippen molar-refractivity contribution in [2.24, 2.45) is 0 Å². The molecule has 5 nitrogen and oxygen atoms in total. The lowest BCUT2D eigenvalue weighted by Crippen LogP contribution is -2.00. The molecule has 0 saturated carbocycles. The lowest BCUT2D eigenvalue weighted by atomic mass is 10.2. The normalized spacial score (nSPS) is 9.92. The van der Waals surface area contributed by atoms with Gasteiger partial charge in [-0.15, -0.1) is 0 Å². The Kier molecular flexibility index (Phi) is 2.81. The largest absolute Gasteiger partial charge is 0.481 e. The van der Waals surface area contributed by atoms with E-state index in [-0.39, 0.29) is 30.1 Å². The molecule has 1 aromatic rings. The van der Waals surface area contributed by atoms with Crippen LogP contribution in [0.3, 0.4) is 0 Å². The third kappa shape index (κ3) is 2.16. The van der Waals surface area contributed by atoms with Crippen LogP contribution in [-0.4, -0.2) is 22.5 Å². The highest BCUT2D eigenvalue weighted by Gasteiger charge is 2.12. The van der Waals surface area contributed by atoms with E-state index in [0.29, 0.717) is 6.29 Å². The zero-order valence-electron chi connectivity index (χ0n) is 6.69. The predicted molar refractivity (Wildman–Crippen MR) is 41.4 cm³/mol. The van der Waals surface area contributed by atoms with Crippen LogP contribution in [0.1, 0.15) is 21.9 Å². The molecule has 0 radical (unpaired) electrons. The van der Waals surface area contributed by atoms with Crippen LogP contribution >= 0.6 is 0 Å². The van der Waals surface area contributed by atoms with Gasteiger partial charge in [0.2, 0.25) is 0 Å². The first-order valence-corrected chi connectivity index (χ1v) is 3.56. The number of hydrogen-bond acceptors (Lipinski definition) is 4. The van der Waals surface area contributed by atoms with Crippen LogP contribution in [0.5, 0.6) is 0 Å². The van der Waals surface area contributed by atoms with Crippen molar-refractivity contribution in [3.63, 3.8) is 0 Å². The summed E-state index contributed by atoms with van der Waals surface area (Å²) in [6.07, 6.45) is 0.148. The van der Waals surface area contributed by atoms with Gasteiger partial charge in [0.25, 0.3) is 0 Å². The number of aldehydes is 1. The maximum atomic E-state index is 10.4. The molecule has 1 heterocycles. The predicted octanol–water partition coefficient (Wildman–Crippen LogP) is 0.212. The van der Waals surface area contributed by atoms with Crippen molar-refractivity contribution in [1.29, 1.82) is 0 Å². The van der Waals surface area contributed by atoms with Crippen molar-refractivity contribution in [2.45, 2.75) is 13.0 Å². The summed E-state index contributed by atoms with van der Waals surface area (Å²) in [6.45, 7) is -0.347. The minimum absolute atomic E-state index is 0.0357. The molecular weight excluding hydrogens is 176 g/mol. The Bertz CT molecular complexity index is 325. The van der Waals surface area contributed by atoms with Gasteiger partial charge in [-0.3, -0.25) is 9.59 Å². The second-order valence-corrected chi connectivity index (χ2v) is 2.45. The lowest BCUT2D eigenvalue weighted by Gasteiger charge is -1.89. The molecule has 13 heavy (non-hydrogen) atoms. The molecular formula is C8H8O5. The summed E-state index contributed by atoms with van der Waals surface area (Å²) in [7, 11) is 0. The maximum Gasteiger partial charge on any atom is 0.307 e. The molecule has 0 amide bonds. The molecule has 0 spiro atoms. The van der Waals surface area contributed by atoms with Gasteiger partial charge >= 0.3 is 5.97 Å². The molecule has 0 aromatic carbocycles. The Balaban J connectivity index is 2.96. The van der Waals surface area contributed by atoms with Gasteiger partial charge < -0.3 is 14.6 Å². The summed E-state index contributed by atoms with van der Waals surface area (Å²) in [4.78, 5) is 20.7. The zero-order valence-corrected chi connectivity index (χ0v) is 6.69. The average molecular weight is 184 g/mol. The number of aliphatic hydroxyl groups excluding tert-OH is 1. The third-order valence-electron chi connectivity index (χ3n) is 1.50. The molecule has 0 aliphatic rings. The molecule has 0 aliphatic heterocycles. The van der Waals surface area contributed by atoms with Crippen molar-refractivity contribution < 1.29 is 24.2 Å². The minimum Gasteiger partial charge on any atom is -0.481 e. The van der Waals surface area contributed by atoms with Crippen molar-refractivity contribution in [3.8, 4) is 0 Å². The Morgan fingerprint density at radius 1 is 1.62 bits per heavy atom. The van der Waals surface area contributed by atoms with Gasteiger partial charge in [0, 0.05) is 5.56 Å². The van der Waals surface area contributed by atoms with Gasteiger partial charge in [0.15, 0.2) is 12.0 Å². The molecule has 1 rings (SSSR count). The van der Waals surface area contributed by atoms with E-state index in [1.165, 1.54) is 6.07 Å². The van der Waals surface area contributed by atoms with Gasteiger partial charge in [-0.05, 0) is 6.07 Å². The van der Waals surface area contributed by atoms with E-state index in [1.54, 1.807) is 0 Å². The number of rotatable bonds is 4. The number of carboxylic acid groups (broad SMARTS) is 1. The van der Waals surface area contributed by atoms with Crippen LogP contribution in [0.25, 0.3) is 0 Å². The SMILES string of the molecule is O=Cc1oc(CO)cc1CC(=O)O. The molecule has 5 heteroatoms. The molecule has 2 N–H and O–H groups in total. The Hall–Kier alpha value is -1.62. The first-order valence-electron chi connectivity index (χ1n) is 3.56. The molecule has 0 aliphatic carbocycles. The van der Waals surface area contributed by atoms with Crippen LogP contribution < -0.4 is 0 Å². The van der Waals surface area contributed by atoms with Gasteiger partial charge in [-0.25, -0.2) is 0 Å². The van der Waals surface area contributed by atoms with Crippen LogP contribution in [0, 0.1) is 0 Å². The highest BCUT2D eigenvalue weighted by Crippen LogP contribution is 2.14. The maximum absolute atomic E-state index is 10.4. The summed E-state index contributed by atoms with van der Waals surface area (Å²) < 4.78 is 4.83. The molecule has 70 valence electrons. The van der Waals surface area contributed by atoms with Crippen molar-refractivity contribution >= 4 is 12.3 Å². The second-order valence-electron chi connectivity index (χ2n) is 2.45. The van der Waals surface area contributed by atoms with Gasteiger partial charge in [-0.1, -0.05) is 0 Å². The molecule has 0 atom stereocenters. The molecule has 0 bridgehead atoms. The first-order chi connectivity index (χ1) is 6.17. The molecule has 0 saturated heterocycles. The highest BCUT2D eigenvalue weighted by molar-refractivity contribution is 5.78. The molecule has 1 aromatic heterocycles. The summed E-state index contributed by atoms with van der Waals surface area (Å²) >= 11 is 0. The number of carbonyl (C=O) groups excluding carboxylic acids is 1. The van der Waals surface area contributed by atoms with Gasteiger partial charge in [0.1, 0.15) is 12.4 Å². The zero-order chi connectivity index (χ0) is 9.84. The topological polar surface area (TPSA) is 87.7 Å². The van der Waals surface area contributed by atoms with Crippen LogP contribution in [0.2, 0.25) is 0 Å². The van der Waals surface area contributed by atoms with E-state index in [4.69, 9.17) is 14.6 Å². The molecule has 0 unspecified atom stereocenters. The Labute approximate surface area is 73.6 Å². The van der Waals surface area contributed by atoms with Crippen LogP contribution in [0.4, 0.5) is 0 Å². The van der Waals surface area contributed by atoms with E-state index >= 15 is 0 Å². The summed E-state index contributed by atoms with van der Waals surface area (Å²) in [6, 6.07) is 1.36. The smallest absolute Gasteiger partial charge is 0.307 e. The number of carboxylic acids is 1. The molecule has 0 fully saturated rings. The first kappa shape index (κ1) is 9.47. The fourth-order valence-corrected chi connectivity index (χ4v) is 0.980. The fraction of sp³-hybridized carbons (Fsp3) is 0.250. The number of hydrogen-bond donors (Lipinski definition) is 2. The van der Waals surface area contributed by atoms with Crippen molar-refractivity contribution in [1.82, 2.24) is 0 Å². The Morgan fingerprint density at radius 3 is 2.77 bits per heavy atom. The number of aliphatic carboxylic acids is 1. The Morgan fingerprint density at radius 2 is 2.31 bits per heavy atom. The monoisotopic (exact) mass is 184 g/mol. The minimum atomic E-state index is -1.05. The van der Waals surface area contributed by atoms with E-state index < -0.39 is 5.97 Å². The quantitative estimate of drug-likeness (QED) is 0.653. The third-order valence-corrected chi connectivity index (χ3v) is 1.50. The number of furan rings is 1. The number of aliphatic hydroxyl groups is 1. The van der Waals surface area contributed by atoms with E-state index in [0.717, 1.165) is 0 Å². The van der Waals surface area contributed by atoms with Gasteiger partial charge in [0.05, 0.1) is 6.42 Å². The standard InChI is InChI=1S/C8H8O5/c9-3-6-1-5(2-8(11)12)7(4-10)13-6/h1,4,9H,2-3H2,(H,11,12). The van der Waals surface area contributed by atoms with Crippen molar-refractivity contribution in [2.75, 3.05) is 0 Å². The second kappa shape index (κ2) is 3.86. The summed E-state index contributed by atoms with van der Waals surface area (Å²) in [5, 5.41) is 17.1. The summed E-state index contributed by atoms with van der Waals surface area (Å²) in [5.41, 5.74) is 0.284.